The summed E-state index contributed by atoms with van der Waals surface area (Å²) in [6.07, 6.45) is 3.70. The zero-order chi connectivity index (χ0) is 4.12. The molecule has 5 heavy (non-hydrogen) atoms. The van der Waals surface area contributed by atoms with Crippen molar-refractivity contribution in [2.45, 2.75) is 0 Å². The van der Waals surface area contributed by atoms with Gasteiger partial charge in [-0.25, -0.2) is 0 Å². The second-order valence-corrected chi connectivity index (χ2v) is 1.41. The molecule has 0 N–H and O–H groups in total. The zero-order valence-electron chi connectivity index (χ0n) is 2.94. The predicted molar refractivity (Wildman–Crippen MR) is 20.6 cm³/mol. The van der Waals surface area contributed by atoms with E-state index in [1.165, 1.54) is 24.2 Å². The van der Waals surface area contributed by atoms with E-state index in [1.54, 1.807) is 6.08 Å². The van der Waals surface area contributed by atoms with Crippen molar-refractivity contribution in [1.82, 2.24) is 0 Å². The van der Waals surface area contributed by atoms with Crippen LogP contribution in [0.1, 0.15) is 0 Å². The summed E-state index contributed by atoms with van der Waals surface area (Å²) in [5, 5.41) is 0. The van der Waals surface area contributed by atoms with Gasteiger partial charge in [0.25, 0.3) is 0 Å². The second kappa shape index (κ2) is 4.36. The fourth-order valence-corrected chi connectivity index (χ4v) is 0.403. The molecule has 0 aromatic rings. The Morgan fingerprint density at radius 3 is 2.20 bits per heavy atom. The van der Waals surface area contributed by atoms with E-state index in [0.717, 1.165) is 0 Å². The Bertz CT molecular complexity index is 45.6. The summed E-state index contributed by atoms with van der Waals surface area (Å²) in [4.78, 5) is 0. The summed E-state index contributed by atoms with van der Waals surface area (Å²) < 4.78 is 2.03. The van der Waals surface area contributed by atoms with E-state index < -0.39 is 0 Å². The van der Waals surface area contributed by atoms with Crippen LogP contribution in [0.15, 0.2) is 12.2 Å². The number of rotatable bonds is 1. The molecule has 26 valence electrons. The molecule has 0 amide bonds. The van der Waals surface area contributed by atoms with Crippen molar-refractivity contribution in [3.63, 3.8) is 0 Å². The molecule has 0 nitrogen and oxygen atoms in total. The normalized spacial score (nSPS) is 8.60. The fourth-order valence-electron chi connectivity index (χ4n) is 0.0680. The Balaban J connectivity index is 2.92. The SMILES string of the molecule is [CH2-]/C=C\[CH]=[Zr]. The second-order valence-electron chi connectivity index (χ2n) is 0.595. The molecule has 0 heterocycles. The van der Waals surface area contributed by atoms with Crippen LogP contribution >= 0.6 is 0 Å². The molecule has 0 fully saturated rings. The van der Waals surface area contributed by atoms with Crippen LogP contribution in [-0.2, 0) is 24.2 Å². The van der Waals surface area contributed by atoms with E-state index >= 15 is 0 Å². The standard InChI is InChI=1S/C4H5.Zr/c1-3-4-2;/h1,3-4H,2H2;/q-1;/b4-3-;. The summed E-state index contributed by atoms with van der Waals surface area (Å²) in [7, 11) is 0. The monoisotopic (exact) mass is 143 g/mol. The van der Waals surface area contributed by atoms with E-state index in [4.69, 9.17) is 0 Å². The number of allylic oxidation sites excluding steroid dienone is 2. The van der Waals surface area contributed by atoms with Crippen molar-refractivity contribution in [1.29, 1.82) is 0 Å². The van der Waals surface area contributed by atoms with Crippen molar-refractivity contribution in [2.24, 2.45) is 0 Å². The molecular weight excluding hydrogens is 139 g/mol. The van der Waals surface area contributed by atoms with Crippen LogP contribution in [0.2, 0.25) is 0 Å². The van der Waals surface area contributed by atoms with E-state index in [1.807, 2.05) is 9.78 Å². The van der Waals surface area contributed by atoms with Crippen LogP contribution < -0.4 is 0 Å². The molecule has 0 aromatic heterocycles. The Labute approximate surface area is 47.2 Å². The van der Waals surface area contributed by atoms with Gasteiger partial charge in [0, 0.05) is 0 Å². The molecule has 1 heteroatoms. The maximum atomic E-state index is 3.48. The summed E-state index contributed by atoms with van der Waals surface area (Å²) in [5.74, 6) is 0. The van der Waals surface area contributed by atoms with Crippen LogP contribution in [0.25, 0.3) is 0 Å². The minimum absolute atomic E-state index is 1.43. The third-order valence-electron chi connectivity index (χ3n) is 0.232. The average molecular weight is 144 g/mol. The first-order valence-corrected chi connectivity index (χ1v) is 2.78. The molecule has 0 aliphatic carbocycles. The zero-order valence-corrected chi connectivity index (χ0v) is 5.40. The van der Waals surface area contributed by atoms with Gasteiger partial charge in [-0.05, 0) is 0 Å². The van der Waals surface area contributed by atoms with Gasteiger partial charge in [0.15, 0.2) is 0 Å². The van der Waals surface area contributed by atoms with E-state index in [0.29, 0.717) is 0 Å². The third kappa shape index (κ3) is 4.36. The molecule has 0 unspecified atom stereocenters. The first-order chi connectivity index (χ1) is 2.41. The first-order valence-electron chi connectivity index (χ1n) is 1.36. The van der Waals surface area contributed by atoms with Gasteiger partial charge in [-0.15, -0.1) is 0 Å². The summed E-state index contributed by atoms with van der Waals surface area (Å²) in [6, 6.07) is 0. The van der Waals surface area contributed by atoms with Gasteiger partial charge in [0.1, 0.15) is 0 Å². The van der Waals surface area contributed by atoms with Gasteiger partial charge >= 0.3 is 47.0 Å². The van der Waals surface area contributed by atoms with Crippen molar-refractivity contribution in [3.8, 4) is 0 Å². The van der Waals surface area contributed by atoms with Gasteiger partial charge in [-0.1, -0.05) is 0 Å². The number of hydrogen-bond acceptors (Lipinski definition) is 0. The molecule has 0 aliphatic rings. The fraction of sp³-hybridized carbons (Fsp3) is 0. The molecular formula is C4H5Zr-. The molecule has 0 aliphatic heterocycles. The molecule has 0 atom stereocenters. The summed E-state index contributed by atoms with van der Waals surface area (Å²) >= 11 is 1.43. The molecule has 0 rings (SSSR count). The van der Waals surface area contributed by atoms with Gasteiger partial charge in [0.2, 0.25) is 0 Å². The van der Waals surface area contributed by atoms with E-state index in [-0.39, 0.29) is 0 Å². The quantitative estimate of drug-likeness (QED) is 0.476. The molecule has 0 saturated carbocycles. The van der Waals surface area contributed by atoms with Crippen molar-refractivity contribution < 1.29 is 24.2 Å². The molecule has 0 saturated heterocycles. The Morgan fingerprint density at radius 1 is 1.60 bits per heavy atom. The Hall–Kier alpha value is 0.363. The van der Waals surface area contributed by atoms with Gasteiger partial charge in [-0.3, -0.25) is 0 Å². The minimum atomic E-state index is 1.43. The van der Waals surface area contributed by atoms with E-state index in [2.05, 4.69) is 6.92 Å². The molecule has 0 spiro atoms. The van der Waals surface area contributed by atoms with Gasteiger partial charge < -0.3 is 0 Å². The Kier molecular flexibility index (Phi) is 4.68. The van der Waals surface area contributed by atoms with Crippen LogP contribution in [-0.4, -0.2) is 3.71 Å². The predicted octanol–water partition coefficient (Wildman–Crippen LogP) is 0.726. The number of hydrogen-bond donors (Lipinski definition) is 0. The van der Waals surface area contributed by atoms with Crippen LogP contribution in [0.3, 0.4) is 0 Å². The van der Waals surface area contributed by atoms with Crippen LogP contribution in [0.5, 0.6) is 0 Å². The Morgan fingerprint density at radius 2 is 2.20 bits per heavy atom. The molecule has 0 bridgehead atoms. The summed E-state index contributed by atoms with van der Waals surface area (Å²) in [6.45, 7) is 3.48. The van der Waals surface area contributed by atoms with Crippen LogP contribution in [0, 0.1) is 6.92 Å². The molecule has 0 aromatic carbocycles. The first kappa shape index (κ1) is 5.36. The van der Waals surface area contributed by atoms with Crippen molar-refractivity contribution in [2.75, 3.05) is 0 Å². The van der Waals surface area contributed by atoms with Gasteiger partial charge in [-0.2, -0.15) is 0 Å². The van der Waals surface area contributed by atoms with Gasteiger partial charge in [0.05, 0.1) is 0 Å². The molecule has 0 radical (unpaired) electrons. The van der Waals surface area contributed by atoms with Crippen molar-refractivity contribution >= 4 is 3.71 Å². The average Bonchev–Trinajstić information content (AvgIpc) is 1.41. The summed E-state index contributed by atoms with van der Waals surface area (Å²) in [5.41, 5.74) is 0. The van der Waals surface area contributed by atoms with Crippen LogP contribution in [0.4, 0.5) is 0 Å². The third-order valence-corrected chi connectivity index (χ3v) is 0.705. The maximum absolute atomic E-state index is 3.48. The van der Waals surface area contributed by atoms with E-state index in [9.17, 15) is 0 Å². The topological polar surface area (TPSA) is 0 Å². The van der Waals surface area contributed by atoms with Crippen molar-refractivity contribution in [3.05, 3.63) is 19.1 Å².